The van der Waals surface area contributed by atoms with Gasteiger partial charge in [-0.25, -0.2) is 0 Å². The summed E-state index contributed by atoms with van der Waals surface area (Å²) in [5, 5.41) is 0. The van der Waals surface area contributed by atoms with Gasteiger partial charge in [0.1, 0.15) is 23.0 Å². The van der Waals surface area contributed by atoms with E-state index in [4.69, 9.17) is 18.1 Å². The van der Waals surface area contributed by atoms with Gasteiger partial charge in [-0.2, -0.15) is 8.42 Å². The van der Waals surface area contributed by atoms with Crippen molar-refractivity contribution in [3.63, 3.8) is 0 Å². The smallest absolute Gasteiger partial charge is 0.308 e. The zero-order valence-corrected chi connectivity index (χ0v) is 18.9. The summed E-state index contributed by atoms with van der Waals surface area (Å²) >= 11 is 0. The van der Waals surface area contributed by atoms with Crippen molar-refractivity contribution in [1.29, 1.82) is 0 Å². The Morgan fingerprint density at radius 3 is 2.25 bits per heavy atom. The van der Waals surface area contributed by atoms with Gasteiger partial charge in [0.2, 0.25) is 0 Å². The van der Waals surface area contributed by atoms with Gasteiger partial charge in [-0.15, -0.1) is 0 Å². The molecule has 0 aliphatic rings. The van der Waals surface area contributed by atoms with Crippen LogP contribution in [0.25, 0.3) is 0 Å². The average Bonchev–Trinajstić information content (AvgIpc) is 3.31. The van der Waals surface area contributed by atoms with E-state index in [0.29, 0.717) is 28.4 Å². The Balaban J connectivity index is 1.91. The lowest BCUT2D eigenvalue weighted by molar-refractivity contribution is 0.0717. The molecule has 3 rings (SSSR count). The SMILES string of the molecule is CCS(=O)(=O)Oc1cccc(CN(Cc2ccco2)C(=O)c2cc(OC)cc(OC)c2)c1. The fraction of sp³-hybridized carbons (Fsp3) is 0.261. The number of benzene rings is 2. The molecular weight excluding hydrogens is 434 g/mol. The van der Waals surface area contributed by atoms with Crippen LogP contribution in [-0.4, -0.2) is 39.2 Å². The molecule has 1 aromatic heterocycles. The van der Waals surface area contributed by atoms with Crippen LogP contribution in [0, 0.1) is 0 Å². The molecule has 1 amide bonds. The molecular formula is C23H25NO7S. The molecule has 0 aliphatic heterocycles. The highest BCUT2D eigenvalue weighted by Crippen LogP contribution is 2.25. The van der Waals surface area contributed by atoms with E-state index >= 15 is 0 Å². The zero-order chi connectivity index (χ0) is 23.1. The maximum atomic E-state index is 13.4. The molecule has 32 heavy (non-hydrogen) atoms. The van der Waals surface area contributed by atoms with Crippen molar-refractivity contribution in [3.05, 3.63) is 77.7 Å². The third-order valence-electron chi connectivity index (χ3n) is 4.66. The third-order valence-corrected chi connectivity index (χ3v) is 5.81. The monoisotopic (exact) mass is 459 g/mol. The van der Waals surface area contributed by atoms with Crippen molar-refractivity contribution in [2.75, 3.05) is 20.0 Å². The van der Waals surface area contributed by atoms with E-state index < -0.39 is 10.1 Å². The van der Waals surface area contributed by atoms with Crippen molar-refractivity contribution in [2.45, 2.75) is 20.0 Å². The van der Waals surface area contributed by atoms with Crippen LogP contribution in [0.4, 0.5) is 0 Å². The van der Waals surface area contributed by atoms with Crippen LogP contribution in [0.5, 0.6) is 17.2 Å². The van der Waals surface area contributed by atoms with Crippen molar-refractivity contribution < 1.29 is 31.3 Å². The van der Waals surface area contributed by atoms with Crippen LogP contribution in [0.1, 0.15) is 28.6 Å². The molecule has 0 saturated carbocycles. The highest BCUT2D eigenvalue weighted by Gasteiger charge is 2.20. The summed E-state index contributed by atoms with van der Waals surface area (Å²) in [5.74, 6) is 1.37. The standard InChI is InChI=1S/C23H25NO7S/c1-4-32(26,27)31-19-8-5-7-17(11-19)15-24(16-20-9-6-10-30-20)23(25)18-12-21(28-2)14-22(13-18)29-3/h5-14H,4,15-16H2,1-3H3. The predicted molar refractivity (Wildman–Crippen MR) is 118 cm³/mol. The Morgan fingerprint density at radius 1 is 0.938 bits per heavy atom. The van der Waals surface area contributed by atoms with Crippen LogP contribution in [0.3, 0.4) is 0 Å². The molecule has 3 aromatic rings. The number of rotatable bonds is 10. The third kappa shape index (κ3) is 6.04. The molecule has 0 aliphatic carbocycles. The van der Waals surface area contributed by atoms with Crippen LogP contribution in [0.2, 0.25) is 0 Å². The van der Waals surface area contributed by atoms with Gasteiger partial charge in [0, 0.05) is 18.2 Å². The minimum atomic E-state index is -3.66. The second-order valence-corrected chi connectivity index (χ2v) is 8.78. The maximum absolute atomic E-state index is 13.4. The Bertz CT molecular complexity index is 1130. The number of amides is 1. The number of ether oxygens (including phenoxy) is 2. The lowest BCUT2D eigenvalue weighted by Crippen LogP contribution is -2.30. The Morgan fingerprint density at radius 2 is 1.66 bits per heavy atom. The first-order valence-electron chi connectivity index (χ1n) is 9.89. The Labute approximate surface area is 187 Å². The number of hydrogen-bond acceptors (Lipinski definition) is 7. The predicted octanol–water partition coefficient (Wildman–Crippen LogP) is 3.87. The van der Waals surface area contributed by atoms with Crippen LogP contribution in [0.15, 0.2) is 65.3 Å². The number of methoxy groups -OCH3 is 2. The average molecular weight is 460 g/mol. The zero-order valence-electron chi connectivity index (χ0n) is 18.1. The van der Waals surface area contributed by atoms with Crippen LogP contribution < -0.4 is 13.7 Å². The normalized spacial score (nSPS) is 11.1. The highest BCUT2D eigenvalue weighted by atomic mass is 32.2. The van der Waals surface area contributed by atoms with Crippen molar-refractivity contribution in [2.24, 2.45) is 0 Å². The van der Waals surface area contributed by atoms with Crippen LogP contribution in [-0.2, 0) is 23.2 Å². The molecule has 0 N–H and O–H groups in total. The molecule has 9 heteroatoms. The number of hydrogen-bond donors (Lipinski definition) is 0. The van der Waals surface area contributed by atoms with Gasteiger partial charge in [-0.05, 0) is 48.9 Å². The van der Waals surface area contributed by atoms with E-state index in [2.05, 4.69) is 0 Å². The molecule has 8 nitrogen and oxygen atoms in total. The number of carbonyl (C=O) groups excluding carboxylic acids is 1. The first-order valence-corrected chi connectivity index (χ1v) is 11.5. The fourth-order valence-electron chi connectivity index (χ4n) is 3.03. The summed E-state index contributed by atoms with van der Waals surface area (Å²) in [7, 11) is -0.630. The van der Waals surface area contributed by atoms with E-state index in [1.54, 1.807) is 59.5 Å². The second-order valence-electron chi connectivity index (χ2n) is 6.92. The lowest BCUT2D eigenvalue weighted by Gasteiger charge is -2.23. The van der Waals surface area contributed by atoms with Crippen molar-refractivity contribution in [1.82, 2.24) is 4.90 Å². The molecule has 0 spiro atoms. The van der Waals surface area contributed by atoms with E-state index in [1.165, 1.54) is 27.4 Å². The first kappa shape index (κ1) is 23.2. The Hall–Kier alpha value is -3.46. The van der Waals surface area contributed by atoms with Crippen molar-refractivity contribution in [3.8, 4) is 17.2 Å². The van der Waals surface area contributed by atoms with E-state index in [0.717, 1.165) is 0 Å². The fourth-order valence-corrected chi connectivity index (χ4v) is 3.54. The number of furan rings is 1. The topological polar surface area (TPSA) is 95.3 Å². The van der Waals surface area contributed by atoms with Gasteiger partial charge in [0.25, 0.3) is 5.91 Å². The van der Waals surface area contributed by atoms with Gasteiger partial charge in [0.15, 0.2) is 0 Å². The Kier molecular flexibility index (Phi) is 7.42. The molecule has 170 valence electrons. The van der Waals surface area contributed by atoms with E-state index in [-0.39, 0.29) is 30.5 Å². The molecule has 0 atom stereocenters. The summed E-state index contributed by atoms with van der Waals surface area (Å²) in [6.07, 6.45) is 1.54. The number of carbonyl (C=O) groups is 1. The number of nitrogens with zero attached hydrogens (tertiary/aromatic N) is 1. The molecule has 0 unspecified atom stereocenters. The molecule has 0 fully saturated rings. The molecule has 0 bridgehead atoms. The van der Waals surface area contributed by atoms with Crippen molar-refractivity contribution >= 4 is 16.0 Å². The minimum absolute atomic E-state index is 0.141. The molecule has 1 heterocycles. The van der Waals surface area contributed by atoms with E-state index in [1.807, 2.05) is 0 Å². The van der Waals surface area contributed by atoms with Gasteiger partial charge in [-0.1, -0.05) is 12.1 Å². The van der Waals surface area contributed by atoms with E-state index in [9.17, 15) is 13.2 Å². The van der Waals surface area contributed by atoms with Crippen LogP contribution >= 0.6 is 0 Å². The quantitative estimate of drug-likeness (QED) is 0.425. The van der Waals surface area contributed by atoms with Gasteiger partial charge in [-0.3, -0.25) is 4.79 Å². The molecule has 2 aromatic carbocycles. The van der Waals surface area contributed by atoms with Gasteiger partial charge < -0.3 is 23.0 Å². The molecule has 0 saturated heterocycles. The lowest BCUT2D eigenvalue weighted by atomic mass is 10.1. The summed E-state index contributed by atoms with van der Waals surface area (Å²) in [6, 6.07) is 15.1. The van der Waals surface area contributed by atoms with Gasteiger partial charge in [0.05, 0.1) is 32.8 Å². The summed E-state index contributed by atoms with van der Waals surface area (Å²) in [6.45, 7) is 1.91. The summed E-state index contributed by atoms with van der Waals surface area (Å²) in [4.78, 5) is 15.0. The maximum Gasteiger partial charge on any atom is 0.308 e. The van der Waals surface area contributed by atoms with Gasteiger partial charge >= 0.3 is 10.1 Å². The minimum Gasteiger partial charge on any atom is -0.497 e. The largest absolute Gasteiger partial charge is 0.497 e. The summed E-state index contributed by atoms with van der Waals surface area (Å²) in [5.41, 5.74) is 1.08. The second kappa shape index (κ2) is 10.2. The summed E-state index contributed by atoms with van der Waals surface area (Å²) < 4.78 is 44.7. The first-order chi connectivity index (χ1) is 15.3. The molecule has 0 radical (unpaired) electrons. The highest BCUT2D eigenvalue weighted by molar-refractivity contribution is 7.87.